The molecule has 17 heavy (non-hydrogen) atoms. The van der Waals surface area contributed by atoms with E-state index < -0.39 is 0 Å². The molecule has 2 rings (SSSR count). The van der Waals surface area contributed by atoms with Gasteiger partial charge < -0.3 is 10.1 Å². The van der Waals surface area contributed by atoms with Crippen molar-refractivity contribution in [2.24, 2.45) is 0 Å². The summed E-state index contributed by atoms with van der Waals surface area (Å²) in [5, 5.41) is 4.05. The molecule has 0 spiro atoms. The van der Waals surface area contributed by atoms with Crippen molar-refractivity contribution in [1.29, 1.82) is 0 Å². The Balaban J connectivity index is 2.08. The number of likely N-dealkylation sites (N-methyl/N-ethyl adjacent to an activating group) is 1. The molecule has 0 bridgehead atoms. The fourth-order valence-corrected chi connectivity index (χ4v) is 2.71. The summed E-state index contributed by atoms with van der Waals surface area (Å²) in [5.74, 6) is 0.810. The molecule has 0 aromatic heterocycles. The Hall–Kier alpha value is -0.730. The number of aryl methyl sites for hydroxylation is 1. The first kappa shape index (κ1) is 12.7. The summed E-state index contributed by atoms with van der Waals surface area (Å²) in [6, 6.07) is 6.41. The van der Waals surface area contributed by atoms with Gasteiger partial charge in [0.1, 0.15) is 11.9 Å². The largest absolute Gasteiger partial charge is 0.487 e. The molecule has 1 aromatic rings. The highest BCUT2D eigenvalue weighted by molar-refractivity contribution is 6.32. The Labute approximate surface area is 108 Å². The SMILES string of the molecule is CNC1CCCCC1Oc1ccc(C)cc1Cl. The van der Waals surface area contributed by atoms with E-state index in [1.807, 2.05) is 32.2 Å². The molecule has 1 aromatic carbocycles. The van der Waals surface area contributed by atoms with Crippen molar-refractivity contribution >= 4 is 11.6 Å². The van der Waals surface area contributed by atoms with Crippen LogP contribution in [-0.4, -0.2) is 19.2 Å². The summed E-state index contributed by atoms with van der Waals surface area (Å²) in [7, 11) is 2.00. The maximum atomic E-state index is 6.19. The van der Waals surface area contributed by atoms with Crippen molar-refractivity contribution in [3.05, 3.63) is 28.8 Å². The van der Waals surface area contributed by atoms with Gasteiger partial charge in [-0.25, -0.2) is 0 Å². The molecule has 1 saturated carbocycles. The lowest BCUT2D eigenvalue weighted by Gasteiger charge is -2.31. The van der Waals surface area contributed by atoms with E-state index in [2.05, 4.69) is 5.32 Å². The van der Waals surface area contributed by atoms with Gasteiger partial charge >= 0.3 is 0 Å². The first-order chi connectivity index (χ1) is 8.20. The van der Waals surface area contributed by atoms with E-state index in [1.54, 1.807) is 0 Å². The van der Waals surface area contributed by atoms with Crippen molar-refractivity contribution in [1.82, 2.24) is 5.32 Å². The van der Waals surface area contributed by atoms with Crippen molar-refractivity contribution in [2.75, 3.05) is 7.05 Å². The summed E-state index contributed by atoms with van der Waals surface area (Å²) in [5.41, 5.74) is 1.16. The van der Waals surface area contributed by atoms with Crippen LogP contribution in [0.1, 0.15) is 31.2 Å². The summed E-state index contributed by atoms with van der Waals surface area (Å²) >= 11 is 6.19. The topological polar surface area (TPSA) is 21.3 Å². The van der Waals surface area contributed by atoms with Crippen molar-refractivity contribution < 1.29 is 4.74 Å². The van der Waals surface area contributed by atoms with Crippen LogP contribution in [-0.2, 0) is 0 Å². The molecule has 0 aliphatic heterocycles. The second kappa shape index (κ2) is 5.74. The van der Waals surface area contributed by atoms with Gasteiger partial charge in [0, 0.05) is 6.04 Å². The van der Waals surface area contributed by atoms with Crippen LogP contribution >= 0.6 is 11.6 Å². The zero-order valence-corrected chi connectivity index (χ0v) is 11.3. The number of benzene rings is 1. The molecule has 0 radical (unpaired) electrons. The molecule has 0 amide bonds. The Morgan fingerprint density at radius 1 is 1.29 bits per heavy atom. The van der Waals surface area contributed by atoms with E-state index in [1.165, 1.54) is 19.3 Å². The van der Waals surface area contributed by atoms with E-state index in [0.29, 0.717) is 11.1 Å². The zero-order valence-electron chi connectivity index (χ0n) is 10.5. The Bertz CT molecular complexity index is 380. The molecule has 1 aliphatic rings. The Morgan fingerprint density at radius 2 is 2.06 bits per heavy atom. The maximum Gasteiger partial charge on any atom is 0.138 e. The average molecular weight is 254 g/mol. The van der Waals surface area contributed by atoms with Gasteiger partial charge in [0.25, 0.3) is 0 Å². The molecule has 2 unspecified atom stereocenters. The van der Waals surface area contributed by atoms with E-state index >= 15 is 0 Å². The number of rotatable bonds is 3. The molecule has 0 heterocycles. The molecular weight excluding hydrogens is 234 g/mol. The van der Waals surface area contributed by atoms with Crippen molar-refractivity contribution in [3.63, 3.8) is 0 Å². The van der Waals surface area contributed by atoms with E-state index in [-0.39, 0.29) is 6.10 Å². The normalized spacial score (nSPS) is 24.6. The fourth-order valence-electron chi connectivity index (χ4n) is 2.43. The highest BCUT2D eigenvalue weighted by atomic mass is 35.5. The third-order valence-corrected chi connectivity index (χ3v) is 3.73. The third-order valence-electron chi connectivity index (χ3n) is 3.44. The molecular formula is C14H20ClNO. The van der Waals surface area contributed by atoms with Gasteiger partial charge in [0.2, 0.25) is 0 Å². The first-order valence-corrected chi connectivity index (χ1v) is 6.68. The number of hydrogen-bond acceptors (Lipinski definition) is 2. The van der Waals surface area contributed by atoms with Crippen LogP contribution in [0.4, 0.5) is 0 Å². The number of nitrogens with one attached hydrogen (secondary N) is 1. The van der Waals surface area contributed by atoms with Crippen molar-refractivity contribution in [3.8, 4) is 5.75 Å². The highest BCUT2D eigenvalue weighted by Crippen LogP contribution is 2.29. The fraction of sp³-hybridized carbons (Fsp3) is 0.571. The molecule has 1 fully saturated rings. The monoisotopic (exact) mass is 253 g/mol. The van der Waals surface area contributed by atoms with E-state index in [0.717, 1.165) is 17.7 Å². The summed E-state index contributed by atoms with van der Waals surface area (Å²) in [6.07, 6.45) is 5.06. The van der Waals surface area contributed by atoms with Crippen LogP contribution < -0.4 is 10.1 Å². The number of ether oxygens (including phenoxy) is 1. The molecule has 1 aliphatic carbocycles. The molecule has 3 heteroatoms. The van der Waals surface area contributed by atoms with Gasteiger partial charge in [0.15, 0.2) is 0 Å². The van der Waals surface area contributed by atoms with Gasteiger partial charge in [-0.05, 0) is 50.9 Å². The standard InChI is InChI=1S/C14H20ClNO/c1-10-7-8-13(11(15)9-10)17-14-6-4-3-5-12(14)16-2/h7-9,12,14,16H,3-6H2,1-2H3. The minimum Gasteiger partial charge on any atom is -0.487 e. The minimum atomic E-state index is 0.244. The van der Waals surface area contributed by atoms with Gasteiger partial charge in [-0.1, -0.05) is 24.1 Å². The van der Waals surface area contributed by atoms with Crippen molar-refractivity contribution in [2.45, 2.75) is 44.8 Å². The lowest BCUT2D eigenvalue weighted by atomic mass is 9.92. The third kappa shape index (κ3) is 3.14. The average Bonchev–Trinajstić information content (AvgIpc) is 2.33. The molecule has 94 valence electrons. The van der Waals surface area contributed by atoms with Crippen LogP contribution in [0.15, 0.2) is 18.2 Å². The van der Waals surface area contributed by atoms with Crippen LogP contribution in [0.5, 0.6) is 5.75 Å². The lowest BCUT2D eigenvalue weighted by Crippen LogP contribution is -2.43. The van der Waals surface area contributed by atoms with Crippen LogP contribution in [0.25, 0.3) is 0 Å². The lowest BCUT2D eigenvalue weighted by molar-refractivity contribution is 0.118. The Kier molecular flexibility index (Phi) is 4.30. The maximum absolute atomic E-state index is 6.19. The predicted octanol–water partition coefficient (Wildman–Crippen LogP) is 3.56. The summed E-state index contributed by atoms with van der Waals surface area (Å²) < 4.78 is 6.05. The van der Waals surface area contributed by atoms with Gasteiger partial charge in [0.05, 0.1) is 5.02 Å². The molecule has 2 atom stereocenters. The Morgan fingerprint density at radius 3 is 2.76 bits per heavy atom. The van der Waals surface area contributed by atoms with Gasteiger partial charge in [-0.15, -0.1) is 0 Å². The van der Waals surface area contributed by atoms with Crippen LogP contribution in [0.3, 0.4) is 0 Å². The predicted molar refractivity (Wildman–Crippen MR) is 71.9 cm³/mol. The minimum absolute atomic E-state index is 0.244. The smallest absolute Gasteiger partial charge is 0.138 e. The van der Waals surface area contributed by atoms with Crippen LogP contribution in [0.2, 0.25) is 5.02 Å². The highest BCUT2D eigenvalue weighted by Gasteiger charge is 2.25. The zero-order chi connectivity index (χ0) is 12.3. The molecule has 2 nitrogen and oxygen atoms in total. The number of halogens is 1. The quantitative estimate of drug-likeness (QED) is 0.890. The van der Waals surface area contributed by atoms with E-state index in [9.17, 15) is 0 Å². The second-order valence-electron chi connectivity index (χ2n) is 4.77. The van der Waals surface area contributed by atoms with Crippen LogP contribution in [0, 0.1) is 6.92 Å². The first-order valence-electron chi connectivity index (χ1n) is 6.31. The van der Waals surface area contributed by atoms with E-state index in [4.69, 9.17) is 16.3 Å². The van der Waals surface area contributed by atoms with Gasteiger partial charge in [-0.3, -0.25) is 0 Å². The molecule has 1 N–H and O–H groups in total. The van der Waals surface area contributed by atoms with Gasteiger partial charge in [-0.2, -0.15) is 0 Å². The summed E-state index contributed by atoms with van der Waals surface area (Å²) in [6.45, 7) is 2.03. The molecule has 0 saturated heterocycles. The summed E-state index contributed by atoms with van der Waals surface area (Å²) in [4.78, 5) is 0. The number of hydrogen-bond donors (Lipinski definition) is 1. The second-order valence-corrected chi connectivity index (χ2v) is 5.18.